The van der Waals surface area contributed by atoms with Crippen LogP contribution in [-0.2, 0) is 4.79 Å². The van der Waals surface area contributed by atoms with Crippen molar-refractivity contribution in [3.8, 4) is 6.07 Å². The summed E-state index contributed by atoms with van der Waals surface area (Å²) in [5.74, 6) is -0.821. The van der Waals surface area contributed by atoms with E-state index in [-0.39, 0.29) is 19.0 Å². The zero-order valence-electron chi connectivity index (χ0n) is 9.06. The van der Waals surface area contributed by atoms with Gasteiger partial charge in [0, 0.05) is 11.3 Å². The largest absolute Gasteiger partial charge is 0.376 e. The molecule has 0 saturated carbocycles. The van der Waals surface area contributed by atoms with Crippen molar-refractivity contribution in [3.05, 3.63) is 29.8 Å². The Labute approximate surface area is 98.4 Å². The molecule has 1 aromatic rings. The number of nitriles is 1. The van der Waals surface area contributed by atoms with E-state index in [4.69, 9.17) is 11.0 Å². The van der Waals surface area contributed by atoms with Crippen LogP contribution in [0.1, 0.15) is 10.4 Å². The minimum atomic E-state index is -0.525. The van der Waals surface area contributed by atoms with Crippen molar-refractivity contribution >= 4 is 17.5 Å². The van der Waals surface area contributed by atoms with Gasteiger partial charge in [-0.15, -0.1) is 0 Å². The number of nitrogens with zero attached hydrogens (tertiary/aromatic N) is 1. The van der Waals surface area contributed by atoms with E-state index in [1.165, 1.54) is 0 Å². The minimum absolute atomic E-state index is 0.0260. The fourth-order valence-electron chi connectivity index (χ4n) is 1.17. The van der Waals surface area contributed by atoms with Crippen LogP contribution in [0.5, 0.6) is 0 Å². The summed E-state index contributed by atoms with van der Waals surface area (Å²) < 4.78 is 0. The second-order valence-electron chi connectivity index (χ2n) is 3.23. The Balaban J connectivity index is 2.52. The fraction of sp³-hybridized carbons (Fsp3) is 0.182. The third kappa shape index (κ3) is 4.22. The molecule has 6 nitrogen and oxygen atoms in total. The molecule has 0 bridgehead atoms. The number of benzene rings is 1. The van der Waals surface area contributed by atoms with Crippen LogP contribution >= 0.6 is 0 Å². The first-order valence-corrected chi connectivity index (χ1v) is 4.91. The average Bonchev–Trinajstić information content (AvgIpc) is 2.34. The third-order valence-electron chi connectivity index (χ3n) is 1.96. The highest BCUT2D eigenvalue weighted by atomic mass is 16.2. The standard InChI is InChI=1S/C11H12N4O2/c12-4-5-14-10(16)7-15-9-3-1-2-8(6-9)11(13)17/h1-3,6,15H,5,7H2,(H2,13,17)(H,14,16). The van der Waals surface area contributed by atoms with Gasteiger partial charge in [-0.2, -0.15) is 5.26 Å². The van der Waals surface area contributed by atoms with Crippen LogP contribution in [0, 0.1) is 11.3 Å². The maximum absolute atomic E-state index is 11.2. The van der Waals surface area contributed by atoms with Crippen LogP contribution in [0.15, 0.2) is 24.3 Å². The summed E-state index contributed by atoms with van der Waals surface area (Å²) >= 11 is 0. The SMILES string of the molecule is N#CCNC(=O)CNc1cccc(C(N)=O)c1. The minimum Gasteiger partial charge on any atom is -0.376 e. The number of carbonyl (C=O) groups excluding carboxylic acids is 2. The third-order valence-corrected chi connectivity index (χ3v) is 1.96. The van der Waals surface area contributed by atoms with E-state index in [0.717, 1.165) is 0 Å². The number of hydrogen-bond donors (Lipinski definition) is 3. The van der Waals surface area contributed by atoms with E-state index in [1.54, 1.807) is 30.3 Å². The second-order valence-corrected chi connectivity index (χ2v) is 3.23. The topological polar surface area (TPSA) is 108 Å². The summed E-state index contributed by atoms with van der Waals surface area (Å²) in [6.45, 7) is 0.00569. The Kier molecular flexibility index (Phi) is 4.51. The number of amides is 2. The van der Waals surface area contributed by atoms with Crippen LogP contribution in [0.3, 0.4) is 0 Å². The molecule has 0 saturated heterocycles. The number of hydrogen-bond acceptors (Lipinski definition) is 4. The fourth-order valence-corrected chi connectivity index (χ4v) is 1.17. The molecule has 0 heterocycles. The summed E-state index contributed by atoms with van der Waals surface area (Å²) in [5.41, 5.74) is 6.11. The van der Waals surface area contributed by atoms with Crippen LogP contribution in [-0.4, -0.2) is 24.9 Å². The smallest absolute Gasteiger partial charge is 0.248 e. The molecule has 0 unspecified atom stereocenters. The zero-order valence-corrected chi connectivity index (χ0v) is 9.06. The van der Waals surface area contributed by atoms with Crippen molar-refractivity contribution in [2.45, 2.75) is 0 Å². The van der Waals surface area contributed by atoms with E-state index in [1.807, 2.05) is 0 Å². The van der Waals surface area contributed by atoms with E-state index in [2.05, 4.69) is 10.6 Å². The van der Waals surface area contributed by atoms with Crippen molar-refractivity contribution in [1.82, 2.24) is 5.32 Å². The molecule has 0 radical (unpaired) electrons. The molecule has 88 valence electrons. The molecule has 0 aliphatic heterocycles. The van der Waals surface area contributed by atoms with Gasteiger partial charge in [0.05, 0.1) is 12.6 Å². The Morgan fingerprint density at radius 2 is 2.18 bits per heavy atom. The van der Waals surface area contributed by atoms with Crippen molar-refractivity contribution in [3.63, 3.8) is 0 Å². The van der Waals surface area contributed by atoms with Crippen molar-refractivity contribution in [1.29, 1.82) is 5.26 Å². The Morgan fingerprint density at radius 1 is 1.41 bits per heavy atom. The van der Waals surface area contributed by atoms with Crippen molar-refractivity contribution in [2.75, 3.05) is 18.4 Å². The first-order chi connectivity index (χ1) is 8.13. The predicted molar refractivity (Wildman–Crippen MR) is 62.1 cm³/mol. The monoisotopic (exact) mass is 232 g/mol. The number of rotatable bonds is 5. The van der Waals surface area contributed by atoms with Crippen LogP contribution in [0.4, 0.5) is 5.69 Å². The molecule has 0 aliphatic rings. The summed E-state index contributed by atoms with van der Waals surface area (Å²) in [6, 6.07) is 8.32. The first kappa shape index (κ1) is 12.5. The molecule has 4 N–H and O–H groups in total. The summed E-state index contributed by atoms with van der Waals surface area (Å²) in [6.07, 6.45) is 0. The van der Waals surface area contributed by atoms with Crippen molar-refractivity contribution in [2.24, 2.45) is 5.73 Å². The van der Waals surface area contributed by atoms with Crippen molar-refractivity contribution < 1.29 is 9.59 Å². The van der Waals surface area contributed by atoms with Gasteiger partial charge in [-0.1, -0.05) is 6.07 Å². The van der Waals surface area contributed by atoms with E-state index in [0.29, 0.717) is 11.3 Å². The molecule has 0 aliphatic carbocycles. The van der Waals surface area contributed by atoms with Gasteiger partial charge in [0.15, 0.2) is 0 Å². The average molecular weight is 232 g/mol. The van der Waals surface area contributed by atoms with E-state index >= 15 is 0 Å². The Morgan fingerprint density at radius 3 is 2.82 bits per heavy atom. The van der Waals surface area contributed by atoms with Gasteiger partial charge in [0.1, 0.15) is 6.54 Å². The Bertz CT molecular complexity index is 465. The van der Waals surface area contributed by atoms with Crippen LogP contribution in [0.25, 0.3) is 0 Å². The summed E-state index contributed by atoms with van der Waals surface area (Å²) in [4.78, 5) is 22.1. The number of carbonyl (C=O) groups is 2. The highest BCUT2D eigenvalue weighted by Gasteiger charge is 2.03. The highest BCUT2D eigenvalue weighted by molar-refractivity contribution is 5.93. The maximum atomic E-state index is 11.2. The van der Waals surface area contributed by atoms with Gasteiger partial charge in [0.2, 0.25) is 11.8 Å². The lowest BCUT2D eigenvalue weighted by Crippen LogP contribution is -2.30. The first-order valence-electron chi connectivity index (χ1n) is 4.91. The lowest BCUT2D eigenvalue weighted by Gasteiger charge is -2.06. The molecule has 0 aromatic heterocycles. The molecule has 1 aromatic carbocycles. The van der Waals surface area contributed by atoms with Gasteiger partial charge in [-0.25, -0.2) is 0 Å². The summed E-state index contributed by atoms with van der Waals surface area (Å²) in [5, 5.41) is 13.5. The molecule has 0 atom stereocenters. The zero-order chi connectivity index (χ0) is 12.7. The number of anilines is 1. The molecular formula is C11H12N4O2. The molecule has 0 fully saturated rings. The van der Waals surface area contributed by atoms with Crippen LogP contribution < -0.4 is 16.4 Å². The molecular weight excluding hydrogens is 220 g/mol. The van der Waals surface area contributed by atoms with Gasteiger partial charge in [-0.05, 0) is 18.2 Å². The van der Waals surface area contributed by atoms with E-state index < -0.39 is 5.91 Å². The quantitative estimate of drug-likeness (QED) is 0.613. The second kappa shape index (κ2) is 6.12. The number of primary amides is 1. The van der Waals surface area contributed by atoms with Gasteiger partial charge >= 0.3 is 0 Å². The van der Waals surface area contributed by atoms with E-state index in [9.17, 15) is 9.59 Å². The highest BCUT2D eigenvalue weighted by Crippen LogP contribution is 2.09. The molecule has 17 heavy (non-hydrogen) atoms. The normalized spacial score (nSPS) is 9.12. The Hall–Kier alpha value is -2.55. The lowest BCUT2D eigenvalue weighted by molar-refractivity contribution is -0.119. The predicted octanol–water partition coefficient (Wildman–Crippen LogP) is -0.163. The maximum Gasteiger partial charge on any atom is 0.248 e. The van der Waals surface area contributed by atoms with Gasteiger partial charge in [0.25, 0.3) is 0 Å². The van der Waals surface area contributed by atoms with Crippen LogP contribution in [0.2, 0.25) is 0 Å². The summed E-state index contributed by atoms with van der Waals surface area (Å²) in [7, 11) is 0. The van der Waals surface area contributed by atoms with Gasteiger partial charge in [-0.3, -0.25) is 9.59 Å². The molecule has 2 amide bonds. The molecule has 6 heteroatoms. The molecule has 0 spiro atoms. The number of nitrogens with one attached hydrogen (secondary N) is 2. The lowest BCUT2D eigenvalue weighted by atomic mass is 10.2. The molecule has 1 rings (SSSR count). The number of nitrogens with two attached hydrogens (primary N) is 1. The van der Waals surface area contributed by atoms with Gasteiger partial charge < -0.3 is 16.4 Å².